The lowest BCUT2D eigenvalue weighted by molar-refractivity contribution is 0.461. The number of imidazole rings is 1. The molecule has 3 heterocycles. The van der Waals surface area contributed by atoms with E-state index in [0.29, 0.717) is 28.7 Å². The summed E-state index contributed by atoms with van der Waals surface area (Å²) in [4.78, 5) is 19.8. The van der Waals surface area contributed by atoms with Crippen LogP contribution in [0.4, 0.5) is 5.95 Å². The highest BCUT2D eigenvalue weighted by Crippen LogP contribution is 2.27. The molecule has 0 amide bonds. The van der Waals surface area contributed by atoms with Crippen molar-refractivity contribution in [3.8, 4) is 11.6 Å². The normalized spacial score (nSPS) is 10.6. The van der Waals surface area contributed by atoms with Gasteiger partial charge in [-0.05, 0) is 19.1 Å². The van der Waals surface area contributed by atoms with Crippen LogP contribution in [0.3, 0.4) is 0 Å². The summed E-state index contributed by atoms with van der Waals surface area (Å²) in [6.07, 6.45) is 3.27. The van der Waals surface area contributed by atoms with E-state index in [0.717, 1.165) is 5.69 Å². The molecule has 0 aliphatic heterocycles. The molecule has 3 rings (SSSR count). The summed E-state index contributed by atoms with van der Waals surface area (Å²) in [6.45, 7) is 1.87. The van der Waals surface area contributed by atoms with Crippen LogP contribution < -0.4 is 10.1 Å². The zero-order chi connectivity index (χ0) is 13.2. The maximum absolute atomic E-state index is 5.80. The molecule has 96 valence electrons. The number of aryl methyl sites for hydroxylation is 1. The number of hydrogen-bond acceptors (Lipinski definition) is 6. The van der Waals surface area contributed by atoms with E-state index in [1.807, 2.05) is 19.1 Å². The van der Waals surface area contributed by atoms with E-state index in [1.54, 1.807) is 19.6 Å². The highest BCUT2D eigenvalue weighted by molar-refractivity contribution is 5.77. The van der Waals surface area contributed by atoms with Crippen molar-refractivity contribution in [1.29, 1.82) is 0 Å². The Hall–Kier alpha value is -2.70. The van der Waals surface area contributed by atoms with Gasteiger partial charge < -0.3 is 15.0 Å². The molecule has 0 fully saturated rings. The lowest BCUT2D eigenvalue weighted by atomic mass is 10.3. The summed E-state index contributed by atoms with van der Waals surface area (Å²) in [5.41, 5.74) is 2.00. The predicted octanol–water partition coefficient (Wildman–Crippen LogP) is 1.89. The number of aromatic amines is 1. The maximum Gasteiger partial charge on any atom is 0.250 e. The Morgan fingerprint density at radius 2 is 2.16 bits per heavy atom. The second-order valence-electron chi connectivity index (χ2n) is 3.89. The highest BCUT2D eigenvalue weighted by atomic mass is 16.5. The number of rotatable bonds is 3. The van der Waals surface area contributed by atoms with Gasteiger partial charge in [0.1, 0.15) is 5.52 Å². The van der Waals surface area contributed by atoms with Crippen LogP contribution in [0.25, 0.3) is 11.2 Å². The third kappa shape index (κ3) is 2.05. The van der Waals surface area contributed by atoms with Crippen molar-refractivity contribution >= 4 is 17.1 Å². The number of nitrogens with zero attached hydrogens (tertiary/aromatic N) is 4. The molecule has 0 spiro atoms. The van der Waals surface area contributed by atoms with Crippen LogP contribution in [-0.2, 0) is 0 Å². The zero-order valence-corrected chi connectivity index (χ0v) is 10.5. The van der Waals surface area contributed by atoms with Crippen LogP contribution in [0.2, 0.25) is 0 Å². The number of fused-ring (bicyclic) bond motifs is 1. The average Bonchev–Trinajstić information content (AvgIpc) is 2.89. The van der Waals surface area contributed by atoms with Crippen LogP contribution in [-0.4, -0.2) is 32.0 Å². The molecule has 19 heavy (non-hydrogen) atoms. The fraction of sp³-hybridized carbons (Fsp3) is 0.167. The molecule has 0 aliphatic rings. The van der Waals surface area contributed by atoms with Gasteiger partial charge in [-0.1, -0.05) is 0 Å². The van der Waals surface area contributed by atoms with E-state index < -0.39 is 0 Å². The zero-order valence-electron chi connectivity index (χ0n) is 10.5. The fourth-order valence-electron chi connectivity index (χ4n) is 1.67. The van der Waals surface area contributed by atoms with E-state index in [4.69, 9.17) is 4.74 Å². The first-order valence-electron chi connectivity index (χ1n) is 5.76. The lowest BCUT2D eigenvalue weighted by Gasteiger charge is -2.08. The van der Waals surface area contributed by atoms with Crippen LogP contribution in [0.5, 0.6) is 11.6 Å². The number of H-pyrrole nitrogens is 1. The summed E-state index contributed by atoms with van der Waals surface area (Å²) in [5, 5.41) is 2.88. The summed E-state index contributed by atoms with van der Waals surface area (Å²) in [7, 11) is 1.74. The summed E-state index contributed by atoms with van der Waals surface area (Å²) >= 11 is 0. The molecule has 0 radical (unpaired) electrons. The first kappa shape index (κ1) is 11.4. The molecule has 3 aromatic heterocycles. The van der Waals surface area contributed by atoms with Crippen LogP contribution >= 0.6 is 0 Å². The quantitative estimate of drug-likeness (QED) is 0.744. The number of aromatic nitrogens is 5. The van der Waals surface area contributed by atoms with Crippen LogP contribution in [0.15, 0.2) is 24.7 Å². The van der Waals surface area contributed by atoms with Gasteiger partial charge >= 0.3 is 0 Å². The third-order valence-corrected chi connectivity index (χ3v) is 2.64. The first-order valence-corrected chi connectivity index (χ1v) is 5.76. The second-order valence-corrected chi connectivity index (χ2v) is 3.89. The minimum Gasteiger partial charge on any atom is -0.435 e. The number of nitrogens with one attached hydrogen (secondary N) is 2. The third-order valence-electron chi connectivity index (χ3n) is 2.64. The standard InChI is InChI=1S/C12H12N6O/c1-7-8(4-3-5-14-7)19-11-9-10(16-6-15-9)17-12(13-2)18-11/h3-6H,1-2H3,(H2,13,15,16,17,18). The molecule has 7 nitrogen and oxygen atoms in total. The van der Waals surface area contributed by atoms with E-state index in [1.165, 1.54) is 0 Å². The molecule has 0 bridgehead atoms. The van der Waals surface area contributed by atoms with Gasteiger partial charge in [0.15, 0.2) is 11.4 Å². The highest BCUT2D eigenvalue weighted by Gasteiger charge is 2.12. The molecule has 2 N–H and O–H groups in total. The smallest absolute Gasteiger partial charge is 0.250 e. The first-order chi connectivity index (χ1) is 9.28. The average molecular weight is 256 g/mol. The van der Waals surface area contributed by atoms with E-state index in [-0.39, 0.29) is 0 Å². The topological polar surface area (TPSA) is 88.6 Å². The van der Waals surface area contributed by atoms with Gasteiger partial charge in [-0.3, -0.25) is 4.98 Å². The largest absolute Gasteiger partial charge is 0.435 e. The Kier molecular flexibility index (Phi) is 2.71. The van der Waals surface area contributed by atoms with Crippen molar-refractivity contribution in [3.63, 3.8) is 0 Å². The SMILES string of the molecule is CNc1nc(Oc2cccnc2C)c2[nH]cnc2n1. The Labute approximate surface area is 109 Å². The molecule has 0 aliphatic carbocycles. The Morgan fingerprint density at radius 1 is 1.26 bits per heavy atom. The van der Waals surface area contributed by atoms with Gasteiger partial charge in [0.25, 0.3) is 5.88 Å². The van der Waals surface area contributed by atoms with Crippen molar-refractivity contribution < 1.29 is 4.74 Å². The minimum absolute atomic E-state index is 0.419. The van der Waals surface area contributed by atoms with Crippen LogP contribution in [0.1, 0.15) is 5.69 Å². The minimum atomic E-state index is 0.419. The number of ether oxygens (including phenoxy) is 1. The monoisotopic (exact) mass is 256 g/mol. The molecule has 0 atom stereocenters. The van der Waals surface area contributed by atoms with E-state index in [2.05, 4.69) is 30.2 Å². The van der Waals surface area contributed by atoms with Crippen molar-refractivity contribution in [2.24, 2.45) is 0 Å². The summed E-state index contributed by atoms with van der Waals surface area (Å²) in [6, 6.07) is 3.65. The molecule has 0 unspecified atom stereocenters. The van der Waals surface area contributed by atoms with Crippen LogP contribution in [0, 0.1) is 6.92 Å². The molecule has 0 saturated carbocycles. The predicted molar refractivity (Wildman–Crippen MR) is 70.3 cm³/mol. The number of hydrogen-bond donors (Lipinski definition) is 2. The molecule has 0 saturated heterocycles. The van der Waals surface area contributed by atoms with Crippen molar-refractivity contribution in [3.05, 3.63) is 30.4 Å². The van der Waals surface area contributed by atoms with Gasteiger partial charge in [0.05, 0.1) is 12.0 Å². The fourth-order valence-corrected chi connectivity index (χ4v) is 1.67. The molecular formula is C12H12N6O. The molecular weight excluding hydrogens is 244 g/mol. The molecule has 0 aromatic carbocycles. The van der Waals surface area contributed by atoms with E-state index >= 15 is 0 Å². The molecule has 7 heteroatoms. The number of anilines is 1. The number of pyridine rings is 1. The summed E-state index contributed by atoms with van der Waals surface area (Å²) in [5.74, 6) is 1.53. The maximum atomic E-state index is 5.80. The Morgan fingerprint density at radius 3 is 2.95 bits per heavy atom. The van der Waals surface area contributed by atoms with E-state index in [9.17, 15) is 0 Å². The lowest BCUT2D eigenvalue weighted by Crippen LogP contribution is -2.00. The van der Waals surface area contributed by atoms with Gasteiger partial charge in [-0.15, -0.1) is 0 Å². The Bertz CT molecular complexity index is 723. The second kappa shape index (κ2) is 4.52. The van der Waals surface area contributed by atoms with Crippen molar-refractivity contribution in [2.45, 2.75) is 6.92 Å². The summed E-state index contributed by atoms with van der Waals surface area (Å²) < 4.78 is 5.80. The van der Waals surface area contributed by atoms with Crippen molar-refractivity contribution in [1.82, 2.24) is 24.9 Å². The van der Waals surface area contributed by atoms with Gasteiger partial charge in [-0.2, -0.15) is 9.97 Å². The van der Waals surface area contributed by atoms with Crippen molar-refractivity contribution in [2.75, 3.05) is 12.4 Å². The van der Waals surface area contributed by atoms with Gasteiger partial charge in [0.2, 0.25) is 5.95 Å². The van der Waals surface area contributed by atoms with Gasteiger partial charge in [-0.25, -0.2) is 4.98 Å². The van der Waals surface area contributed by atoms with Gasteiger partial charge in [0, 0.05) is 13.2 Å². The molecule has 3 aromatic rings. The Balaban J connectivity index is 2.09.